The third-order valence-electron chi connectivity index (χ3n) is 2.90. The summed E-state index contributed by atoms with van der Waals surface area (Å²) in [6, 6.07) is 5.28. The van der Waals surface area contributed by atoms with Crippen LogP contribution >= 0.6 is 11.3 Å². The van der Waals surface area contributed by atoms with Crippen LogP contribution in [0.15, 0.2) is 35.4 Å². The van der Waals surface area contributed by atoms with E-state index in [-0.39, 0.29) is 11.1 Å². The number of hydrogen-bond donors (Lipinski definition) is 1. The highest BCUT2D eigenvalue weighted by atomic mass is 32.1. The number of pyridine rings is 1. The molecule has 0 aliphatic heterocycles. The summed E-state index contributed by atoms with van der Waals surface area (Å²) >= 11 is 1.40. The lowest BCUT2D eigenvalue weighted by Crippen LogP contribution is -2.26. The van der Waals surface area contributed by atoms with Gasteiger partial charge in [0.2, 0.25) is 0 Å². The maximum absolute atomic E-state index is 12.3. The van der Waals surface area contributed by atoms with Crippen LogP contribution in [0.5, 0.6) is 0 Å². The van der Waals surface area contributed by atoms with Crippen LogP contribution in [0, 0.1) is 13.8 Å². The van der Waals surface area contributed by atoms with E-state index in [1.807, 2.05) is 19.9 Å². The number of carbonyl (C=O) groups is 1. The summed E-state index contributed by atoms with van der Waals surface area (Å²) in [4.78, 5) is 34.3. The van der Waals surface area contributed by atoms with Gasteiger partial charge >= 0.3 is 0 Å². The van der Waals surface area contributed by atoms with E-state index in [4.69, 9.17) is 0 Å². The van der Waals surface area contributed by atoms with E-state index in [0.717, 1.165) is 10.6 Å². The lowest BCUT2D eigenvalue weighted by atomic mass is 10.3. The third kappa shape index (κ3) is 2.55. The number of rotatable bonds is 2. The predicted octanol–water partition coefficient (Wildman–Crippen LogP) is 2.02. The summed E-state index contributed by atoms with van der Waals surface area (Å²) in [5, 5.41) is 2.61. The Hall–Kier alpha value is -2.54. The molecule has 106 valence electrons. The molecule has 21 heavy (non-hydrogen) atoms. The first-order valence-electron chi connectivity index (χ1n) is 6.27. The lowest BCUT2D eigenvalue weighted by Gasteiger charge is -2.04. The van der Waals surface area contributed by atoms with Crippen LogP contribution in [0.1, 0.15) is 20.9 Å². The molecule has 3 rings (SSSR count). The van der Waals surface area contributed by atoms with E-state index < -0.39 is 5.91 Å². The number of aromatic nitrogens is 3. The van der Waals surface area contributed by atoms with Crippen molar-refractivity contribution in [2.45, 2.75) is 13.8 Å². The molecule has 3 aromatic heterocycles. The normalized spacial score (nSPS) is 10.8. The monoisotopic (exact) mass is 300 g/mol. The van der Waals surface area contributed by atoms with Crippen molar-refractivity contribution in [2.24, 2.45) is 0 Å². The zero-order valence-corrected chi connectivity index (χ0v) is 12.3. The highest BCUT2D eigenvalue weighted by Crippen LogP contribution is 2.13. The van der Waals surface area contributed by atoms with E-state index in [1.54, 1.807) is 18.3 Å². The molecular weight excluding hydrogens is 288 g/mol. The highest BCUT2D eigenvalue weighted by Gasteiger charge is 2.15. The van der Waals surface area contributed by atoms with Gasteiger partial charge in [0.15, 0.2) is 4.96 Å². The first-order chi connectivity index (χ1) is 10.0. The third-order valence-corrected chi connectivity index (χ3v) is 3.81. The van der Waals surface area contributed by atoms with Gasteiger partial charge in [0, 0.05) is 23.0 Å². The minimum atomic E-state index is -0.510. The van der Waals surface area contributed by atoms with Crippen LogP contribution in [0.4, 0.5) is 5.82 Å². The molecule has 0 radical (unpaired) electrons. The van der Waals surface area contributed by atoms with Gasteiger partial charge in [-0.25, -0.2) is 9.97 Å². The molecule has 0 spiro atoms. The Labute approximate surface area is 124 Å². The van der Waals surface area contributed by atoms with E-state index in [9.17, 15) is 9.59 Å². The van der Waals surface area contributed by atoms with Gasteiger partial charge in [-0.3, -0.25) is 14.0 Å². The first kappa shape index (κ1) is 13.4. The van der Waals surface area contributed by atoms with Gasteiger partial charge in [-0.15, -0.1) is 11.3 Å². The van der Waals surface area contributed by atoms with Gasteiger partial charge in [0.25, 0.3) is 11.5 Å². The second-order valence-corrected chi connectivity index (χ2v) is 5.80. The molecular formula is C14H12N4O2S. The van der Waals surface area contributed by atoms with Crippen molar-refractivity contribution in [3.8, 4) is 0 Å². The molecule has 0 unspecified atom stereocenters. The number of nitrogens with zero attached hydrogens (tertiary/aromatic N) is 3. The average molecular weight is 300 g/mol. The molecule has 0 aliphatic rings. The minimum Gasteiger partial charge on any atom is -0.306 e. The van der Waals surface area contributed by atoms with Crippen LogP contribution in [-0.4, -0.2) is 20.3 Å². The summed E-state index contributed by atoms with van der Waals surface area (Å²) in [7, 11) is 0. The second-order valence-electron chi connectivity index (χ2n) is 4.59. The standard InChI is InChI=1S/C14H12N4O2S/c1-8-4-3-5-11(16-8)17-12(19)10-6-15-14-18(13(10)20)7-9(2)21-14/h3-7H,1-2H3,(H,16,17,19). The number of thiazole rings is 1. The fourth-order valence-electron chi connectivity index (χ4n) is 1.95. The van der Waals surface area contributed by atoms with E-state index in [1.165, 1.54) is 21.9 Å². The quantitative estimate of drug-likeness (QED) is 0.785. The van der Waals surface area contributed by atoms with Crippen molar-refractivity contribution in [3.05, 3.63) is 57.1 Å². The molecule has 0 aromatic carbocycles. The molecule has 0 bridgehead atoms. The maximum Gasteiger partial charge on any atom is 0.271 e. The summed E-state index contributed by atoms with van der Waals surface area (Å²) in [6.45, 7) is 3.71. The summed E-state index contributed by atoms with van der Waals surface area (Å²) in [6.07, 6.45) is 2.98. The van der Waals surface area contributed by atoms with Gasteiger partial charge < -0.3 is 5.32 Å². The molecule has 7 heteroatoms. The Balaban J connectivity index is 1.98. The Morgan fingerprint density at radius 3 is 2.90 bits per heavy atom. The average Bonchev–Trinajstić information content (AvgIpc) is 2.80. The smallest absolute Gasteiger partial charge is 0.271 e. The number of aryl methyl sites for hydroxylation is 2. The van der Waals surface area contributed by atoms with E-state index >= 15 is 0 Å². The van der Waals surface area contributed by atoms with Gasteiger partial charge in [-0.05, 0) is 26.0 Å². The van der Waals surface area contributed by atoms with E-state index in [2.05, 4.69) is 15.3 Å². The van der Waals surface area contributed by atoms with Gasteiger partial charge in [0.05, 0.1) is 0 Å². The Bertz CT molecular complexity index is 897. The Morgan fingerprint density at radius 1 is 1.33 bits per heavy atom. The molecule has 0 saturated heterocycles. The van der Waals surface area contributed by atoms with E-state index in [0.29, 0.717) is 10.8 Å². The van der Waals surface area contributed by atoms with Gasteiger partial charge in [0.1, 0.15) is 11.4 Å². The van der Waals surface area contributed by atoms with Crippen LogP contribution in [0.3, 0.4) is 0 Å². The molecule has 0 aliphatic carbocycles. The first-order valence-corrected chi connectivity index (χ1v) is 7.09. The van der Waals surface area contributed by atoms with Crippen molar-refractivity contribution in [1.82, 2.24) is 14.4 Å². The largest absolute Gasteiger partial charge is 0.306 e. The van der Waals surface area contributed by atoms with Crippen molar-refractivity contribution < 1.29 is 4.79 Å². The number of nitrogens with one attached hydrogen (secondary N) is 1. The summed E-state index contributed by atoms with van der Waals surface area (Å²) in [5.41, 5.74) is 0.398. The minimum absolute atomic E-state index is 0.00592. The van der Waals surface area contributed by atoms with Gasteiger partial charge in [-0.2, -0.15) is 0 Å². The van der Waals surface area contributed by atoms with Gasteiger partial charge in [-0.1, -0.05) is 6.07 Å². The zero-order chi connectivity index (χ0) is 15.0. The van der Waals surface area contributed by atoms with Crippen LogP contribution < -0.4 is 10.9 Å². The number of anilines is 1. The van der Waals surface area contributed by atoms with Crippen molar-refractivity contribution in [1.29, 1.82) is 0 Å². The van der Waals surface area contributed by atoms with Crippen molar-refractivity contribution in [2.75, 3.05) is 5.32 Å². The molecule has 0 fully saturated rings. The highest BCUT2D eigenvalue weighted by molar-refractivity contribution is 7.16. The van der Waals surface area contributed by atoms with Crippen LogP contribution in [0.2, 0.25) is 0 Å². The topological polar surface area (TPSA) is 76.4 Å². The fourth-order valence-corrected chi connectivity index (χ4v) is 2.73. The molecule has 1 N–H and O–H groups in total. The molecule has 3 heterocycles. The lowest BCUT2D eigenvalue weighted by molar-refractivity contribution is 0.102. The number of carbonyl (C=O) groups excluding carboxylic acids is 1. The van der Waals surface area contributed by atoms with Crippen molar-refractivity contribution in [3.63, 3.8) is 0 Å². The predicted molar refractivity (Wildman–Crippen MR) is 81.0 cm³/mol. The molecule has 3 aromatic rings. The van der Waals surface area contributed by atoms with Crippen LogP contribution in [0.25, 0.3) is 4.96 Å². The van der Waals surface area contributed by atoms with Crippen molar-refractivity contribution >= 4 is 28.0 Å². The molecule has 1 amide bonds. The second kappa shape index (κ2) is 5.10. The molecule has 0 atom stereocenters. The summed E-state index contributed by atoms with van der Waals surface area (Å²) in [5.74, 6) is -0.102. The van der Waals surface area contributed by atoms with Crippen LogP contribution in [-0.2, 0) is 0 Å². The maximum atomic E-state index is 12.3. The zero-order valence-electron chi connectivity index (χ0n) is 11.5. The Morgan fingerprint density at radius 2 is 2.14 bits per heavy atom. The number of fused-ring (bicyclic) bond motifs is 1. The number of hydrogen-bond acceptors (Lipinski definition) is 5. The SMILES string of the molecule is Cc1cccc(NC(=O)c2cnc3sc(C)cn3c2=O)n1. The summed E-state index contributed by atoms with van der Waals surface area (Å²) < 4.78 is 1.39. The molecule has 6 nitrogen and oxygen atoms in total. The Kier molecular flexibility index (Phi) is 3.26. The fraction of sp³-hybridized carbons (Fsp3) is 0.143. The molecule has 0 saturated carbocycles. The number of amides is 1.